The standard InChI is InChI=1S/C19H31N3O3S/c1-4-6-11-21(5-2)19(23)16-20-12-14-22(15-13-20)26(24,25)18-9-7-17(3)8-10-18/h7-10H,4-6,11-16H2,1-3H3. The van der Waals surface area contributed by atoms with Crippen LogP contribution in [0.25, 0.3) is 0 Å². The molecule has 0 N–H and O–H groups in total. The van der Waals surface area contributed by atoms with Crippen molar-refractivity contribution < 1.29 is 13.2 Å². The molecule has 0 aromatic heterocycles. The first-order chi connectivity index (χ1) is 12.4. The van der Waals surface area contributed by atoms with Gasteiger partial charge < -0.3 is 4.90 Å². The molecule has 1 aliphatic rings. The fourth-order valence-electron chi connectivity index (χ4n) is 3.09. The highest BCUT2D eigenvalue weighted by Crippen LogP contribution is 2.18. The van der Waals surface area contributed by atoms with Crippen molar-refractivity contribution in [3.8, 4) is 0 Å². The molecule has 0 unspecified atom stereocenters. The summed E-state index contributed by atoms with van der Waals surface area (Å²) in [5, 5.41) is 0. The number of piperazine rings is 1. The minimum atomic E-state index is -3.45. The van der Waals surface area contributed by atoms with Crippen molar-refractivity contribution in [3.05, 3.63) is 29.8 Å². The van der Waals surface area contributed by atoms with Crippen LogP contribution in [0.5, 0.6) is 0 Å². The lowest BCUT2D eigenvalue weighted by Crippen LogP contribution is -2.51. The van der Waals surface area contributed by atoms with E-state index in [0.29, 0.717) is 37.6 Å². The van der Waals surface area contributed by atoms with E-state index >= 15 is 0 Å². The van der Waals surface area contributed by atoms with Crippen molar-refractivity contribution in [3.63, 3.8) is 0 Å². The monoisotopic (exact) mass is 381 g/mol. The Hall–Kier alpha value is -1.44. The number of amides is 1. The molecule has 2 rings (SSSR count). The van der Waals surface area contributed by atoms with Crippen molar-refractivity contribution in [2.75, 3.05) is 45.8 Å². The topological polar surface area (TPSA) is 60.9 Å². The van der Waals surface area contributed by atoms with Crippen molar-refractivity contribution in [1.29, 1.82) is 0 Å². The normalized spacial score (nSPS) is 16.6. The summed E-state index contributed by atoms with van der Waals surface area (Å²) in [5.41, 5.74) is 1.04. The van der Waals surface area contributed by atoms with E-state index in [0.717, 1.165) is 31.5 Å². The van der Waals surface area contributed by atoms with Gasteiger partial charge in [-0.25, -0.2) is 8.42 Å². The van der Waals surface area contributed by atoms with Gasteiger partial charge in [0.15, 0.2) is 0 Å². The molecule has 0 radical (unpaired) electrons. The van der Waals surface area contributed by atoms with Crippen LogP contribution < -0.4 is 0 Å². The van der Waals surface area contributed by atoms with Crippen molar-refractivity contribution in [1.82, 2.24) is 14.1 Å². The van der Waals surface area contributed by atoms with Crippen LogP contribution in [0.1, 0.15) is 32.3 Å². The predicted octanol–water partition coefficient (Wildman–Crippen LogP) is 1.95. The molecule has 0 saturated carbocycles. The highest BCUT2D eigenvalue weighted by Gasteiger charge is 2.29. The van der Waals surface area contributed by atoms with Gasteiger partial charge in [-0.2, -0.15) is 4.31 Å². The Morgan fingerprint density at radius 3 is 2.23 bits per heavy atom. The van der Waals surface area contributed by atoms with Gasteiger partial charge in [0, 0.05) is 39.3 Å². The highest BCUT2D eigenvalue weighted by atomic mass is 32.2. The number of carbonyl (C=O) groups is 1. The summed E-state index contributed by atoms with van der Waals surface area (Å²) < 4.78 is 27.0. The van der Waals surface area contributed by atoms with Gasteiger partial charge >= 0.3 is 0 Å². The summed E-state index contributed by atoms with van der Waals surface area (Å²) in [5.74, 6) is 0.135. The summed E-state index contributed by atoms with van der Waals surface area (Å²) in [4.78, 5) is 16.7. The van der Waals surface area contributed by atoms with Gasteiger partial charge in [-0.15, -0.1) is 0 Å². The van der Waals surface area contributed by atoms with Crippen LogP contribution in [-0.4, -0.2) is 74.2 Å². The molecular formula is C19H31N3O3S. The Morgan fingerprint density at radius 2 is 1.69 bits per heavy atom. The molecule has 1 aromatic rings. The fraction of sp³-hybridized carbons (Fsp3) is 0.632. The van der Waals surface area contributed by atoms with Crippen molar-refractivity contribution in [2.24, 2.45) is 0 Å². The molecule has 0 bridgehead atoms. The molecule has 0 spiro atoms. The zero-order valence-corrected chi connectivity index (χ0v) is 17.0. The van der Waals surface area contributed by atoms with Crippen LogP contribution in [0.2, 0.25) is 0 Å². The molecule has 26 heavy (non-hydrogen) atoms. The molecule has 1 aromatic carbocycles. The molecule has 0 aliphatic carbocycles. The zero-order valence-electron chi connectivity index (χ0n) is 16.1. The van der Waals surface area contributed by atoms with Crippen LogP contribution in [0, 0.1) is 6.92 Å². The smallest absolute Gasteiger partial charge is 0.243 e. The number of sulfonamides is 1. The van der Waals surface area contributed by atoms with Crippen LogP contribution in [-0.2, 0) is 14.8 Å². The second-order valence-corrected chi connectivity index (χ2v) is 8.76. The van der Waals surface area contributed by atoms with E-state index in [4.69, 9.17) is 0 Å². The van der Waals surface area contributed by atoms with Crippen molar-refractivity contribution in [2.45, 2.75) is 38.5 Å². The van der Waals surface area contributed by atoms with Gasteiger partial charge in [0.05, 0.1) is 11.4 Å². The van der Waals surface area contributed by atoms with E-state index in [2.05, 4.69) is 11.8 Å². The molecule has 146 valence electrons. The maximum absolute atomic E-state index is 12.7. The van der Waals surface area contributed by atoms with Crippen LogP contribution in [0.4, 0.5) is 0 Å². The summed E-state index contributed by atoms with van der Waals surface area (Å²) in [7, 11) is -3.45. The van der Waals surface area contributed by atoms with E-state index in [1.807, 2.05) is 30.9 Å². The first kappa shape index (κ1) is 20.9. The third-order valence-electron chi connectivity index (χ3n) is 4.86. The first-order valence-electron chi connectivity index (χ1n) is 9.45. The van der Waals surface area contributed by atoms with Crippen LogP contribution >= 0.6 is 0 Å². The van der Waals surface area contributed by atoms with E-state index in [1.54, 1.807) is 12.1 Å². The van der Waals surface area contributed by atoms with Gasteiger partial charge in [0.1, 0.15) is 0 Å². The van der Waals surface area contributed by atoms with E-state index < -0.39 is 10.0 Å². The molecule has 1 aliphatic heterocycles. The summed E-state index contributed by atoms with van der Waals surface area (Å²) in [6.07, 6.45) is 2.08. The number of aryl methyl sites for hydroxylation is 1. The molecule has 1 fully saturated rings. The van der Waals surface area contributed by atoms with E-state index in [-0.39, 0.29) is 5.91 Å². The SMILES string of the molecule is CCCCN(CC)C(=O)CN1CCN(S(=O)(=O)c2ccc(C)cc2)CC1. The minimum absolute atomic E-state index is 0.135. The lowest BCUT2D eigenvalue weighted by Gasteiger charge is -2.34. The van der Waals surface area contributed by atoms with Gasteiger partial charge in [0.25, 0.3) is 0 Å². The zero-order chi connectivity index (χ0) is 19.2. The summed E-state index contributed by atoms with van der Waals surface area (Å²) >= 11 is 0. The Morgan fingerprint density at radius 1 is 1.08 bits per heavy atom. The average molecular weight is 382 g/mol. The van der Waals surface area contributed by atoms with Crippen LogP contribution in [0.15, 0.2) is 29.2 Å². The minimum Gasteiger partial charge on any atom is -0.342 e. The molecule has 0 atom stereocenters. The van der Waals surface area contributed by atoms with Gasteiger partial charge in [-0.3, -0.25) is 9.69 Å². The third kappa shape index (κ3) is 5.28. The Kier molecular flexibility index (Phi) is 7.61. The largest absolute Gasteiger partial charge is 0.342 e. The number of benzene rings is 1. The molecule has 1 saturated heterocycles. The second-order valence-electron chi connectivity index (χ2n) is 6.82. The highest BCUT2D eigenvalue weighted by molar-refractivity contribution is 7.89. The number of carbonyl (C=O) groups excluding carboxylic acids is 1. The Bertz CT molecular complexity index is 680. The lowest BCUT2D eigenvalue weighted by molar-refractivity contribution is -0.132. The molecule has 1 amide bonds. The maximum atomic E-state index is 12.7. The molecular weight excluding hydrogens is 350 g/mol. The van der Waals surface area contributed by atoms with E-state index in [1.165, 1.54) is 4.31 Å². The van der Waals surface area contributed by atoms with Crippen LogP contribution in [0.3, 0.4) is 0 Å². The molecule has 1 heterocycles. The van der Waals surface area contributed by atoms with E-state index in [9.17, 15) is 13.2 Å². The summed E-state index contributed by atoms with van der Waals surface area (Å²) in [6.45, 7) is 9.96. The number of hydrogen-bond acceptors (Lipinski definition) is 4. The van der Waals surface area contributed by atoms with Gasteiger partial charge in [-0.05, 0) is 32.4 Å². The number of nitrogens with zero attached hydrogens (tertiary/aromatic N) is 3. The number of rotatable bonds is 8. The molecule has 6 nitrogen and oxygen atoms in total. The fourth-order valence-corrected chi connectivity index (χ4v) is 4.51. The number of likely N-dealkylation sites (N-methyl/N-ethyl adjacent to an activating group) is 1. The number of hydrogen-bond donors (Lipinski definition) is 0. The quantitative estimate of drug-likeness (QED) is 0.691. The first-order valence-corrected chi connectivity index (χ1v) is 10.9. The second kappa shape index (κ2) is 9.48. The molecule has 7 heteroatoms. The Balaban J connectivity index is 1.90. The average Bonchev–Trinajstić information content (AvgIpc) is 2.63. The summed E-state index contributed by atoms with van der Waals surface area (Å²) in [6, 6.07) is 6.95. The number of unbranched alkanes of at least 4 members (excludes halogenated alkanes) is 1. The van der Waals surface area contributed by atoms with Gasteiger partial charge in [0.2, 0.25) is 15.9 Å². The Labute approximate surface area is 157 Å². The van der Waals surface area contributed by atoms with Gasteiger partial charge in [-0.1, -0.05) is 31.0 Å². The lowest BCUT2D eigenvalue weighted by atomic mass is 10.2. The van der Waals surface area contributed by atoms with Crippen molar-refractivity contribution >= 4 is 15.9 Å². The third-order valence-corrected chi connectivity index (χ3v) is 6.78. The predicted molar refractivity (Wildman–Crippen MR) is 104 cm³/mol. The maximum Gasteiger partial charge on any atom is 0.243 e.